The SMILES string of the molecule is COc1cc(C(F)(F)F)nc2c(CNCCCNc3cc(=O)c4ccccc4[nH]3)scc12.Cl. The second-order valence-corrected chi connectivity index (χ2v) is 8.14. The molecule has 4 rings (SSSR count). The molecule has 176 valence electrons. The zero-order chi connectivity index (χ0) is 22.7. The Labute approximate surface area is 197 Å². The van der Waals surface area contributed by atoms with Gasteiger partial charge in [-0.2, -0.15) is 13.2 Å². The fourth-order valence-electron chi connectivity index (χ4n) is 3.41. The van der Waals surface area contributed by atoms with Gasteiger partial charge in [0.05, 0.1) is 23.5 Å². The molecule has 0 amide bonds. The monoisotopic (exact) mass is 498 g/mol. The number of rotatable bonds is 8. The predicted octanol–water partition coefficient (Wildman–Crippen LogP) is 5.18. The number of halogens is 4. The number of fused-ring (bicyclic) bond motifs is 2. The molecule has 1 aromatic carbocycles. The van der Waals surface area contributed by atoms with Gasteiger partial charge in [0.15, 0.2) is 5.43 Å². The number of para-hydroxylation sites is 1. The summed E-state index contributed by atoms with van der Waals surface area (Å²) < 4.78 is 44.6. The molecule has 0 fully saturated rings. The van der Waals surface area contributed by atoms with Crippen molar-refractivity contribution in [3.8, 4) is 5.75 Å². The summed E-state index contributed by atoms with van der Waals surface area (Å²) in [5, 5.41) is 9.41. The minimum atomic E-state index is -4.54. The molecule has 0 saturated carbocycles. The molecule has 0 radical (unpaired) electrons. The van der Waals surface area contributed by atoms with Gasteiger partial charge in [-0.25, -0.2) is 4.98 Å². The van der Waals surface area contributed by atoms with Crippen LogP contribution in [0, 0.1) is 0 Å². The van der Waals surface area contributed by atoms with Gasteiger partial charge in [0.2, 0.25) is 0 Å². The van der Waals surface area contributed by atoms with Crippen LogP contribution in [0.3, 0.4) is 0 Å². The zero-order valence-corrected chi connectivity index (χ0v) is 19.2. The first kappa shape index (κ1) is 24.8. The highest BCUT2D eigenvalue weighted by Gasteiger charge is 2.34. The molecule has 0 spiro atoms. The van der Waals surface area contributed by atoms with E-state index < -0.39 is 11.9 Å². The maximum Gasteiger partial charge on any atom is 0.433 e. The maximum atomic E-state index is 13.2. The molecule has 4 aromatic rings. The van der Waals surface area contributed by atoms with Crippen molar-refractivity contribution in [2.24, 2.45) is 0 Å². The van der Waals surface area contributed by atoms with Crippen LogP contribution in [0.4, 0.5) is 19.0 Å². The highest BCUT2D eigenvalue weighted by molar-refractivity contribution is 7.11. The molecule has 3 heterocycles. The van der Waals surface area contributed by atoms with Gasteiger partial charge in [-0.1, -0.05) is 12.1 Å². The Morgan fingerprint density at radius 3 is 2.70 bits per heavy atom. The van der Waals surface area contributed by atoms with E-state index in [0.29, 0.717) is 41.7 Å². The number of benzene rings is 1. The Hall–Kier alpha value is -2.82. The number of aromatic amines is 1. The lowest BCUT2D eigenvalue weighted by atomic mass is 10.2. The van der Waals surface area contributed by atoms with Crippen LogP contribution >= 0.6 is 23.7 Å². The number of hydrogen-bond donors (Lipinski definition) is 3. The molecular formula is C22H22ClF3N4O2S. The number of H-pyrrole nitrogens is 1. The number of alkyl halides is 3. The number of nitrogens with zero attached hydrogens (tertiary/aromatic N) is 1. The predicted molar refractivity (Wildman–Crippen MR) is 128 cm³/mol. The van der Waals surface area contributed by atoms with E-state index in [2.05, 4.69) is 20.6 Å². The largest absolute Gasteiger partial charge is 0.496 e. The second kappa shape index (κ2) is 10.4. The molecule has 3 N–H and O–H groups in total. The van der Waals surface area contributed by atoms with E-state index in [4.69, 9.17) is 4.74 Å². The lowest BCUT2D eigenvalue weighted by molar-refractivity contribution is -0.141. The average Bonchev–Trinajstić information content (AvgIpc) is 3.18. The number of ether oxygens (including phenoxy) is 1. The Bertz CT molecular complexity index is 1310. The minimum absolute atomic E-state index is 0. The van der Waals surface area contributed by atoms with Crippen LogP contribution < -0.4 is 20.8 Å². The molecule has 11 heteroatoms. The first-order valence-electron chi connectivity index (χ1n) is 9.96. The van der Waals surface area contributed by atoms with Crippen molar-refractivity contribution >= 4 is 51.4 Å². The average molecular weight is 499 g/mol. The van der Waals surface area contributed by atoms with Crippen molar-refractivity contribution in [3.63, 3.8) is 0 Å². The summed E-state index contributed by atoms with van der Waals surface area (Å²) in [4.78, 5) is 19.9. The van der Waals surface area contributed by atoms with E-state index in [0.717, 1.165) is 22.9 Å². The van der Waals surface area contributed by atoms with Gasteiger partial charge in [0.1, 0.15) is 17.3 Å². The van der Waals surface area contributed by atoms with Crippen molar-refractivity contribution < 1.29 is 17.9 Å². The molecule has 33 heavy (non-hydrogen) atoms. The van der Waals surface area contributed by atoms with E-state index in [1.54, 1.807) is 11.4 Å². The van der Waals surface area contributed by atoms with Crippen LogP contribution in [0.25, 0.3) is 21.8 Å². The van der Waals surface area contributed by atoms with Crippen LogP contribution in [0.15, 0.2) is 46.6 Å². The molecule has 0 aliphatic rings. The number of thiophene rings is 1. The molecule has 0 saturated heterocycles. The molecular weight excluding hydrogens is 477 g/mol. The third-order valence-corrected chi connectivity index (χ3v) is 5.96. The van der Waals surface area contributed by atoms with Gasteiger partial charge < -0.3 is 20.4 Å². The van der Waals surface area contributed by atoms with Gasteiger partial charge in [0, 0.05) is 40.9 Å². The summed E-state index contributed by atoms with van der Waals surface area (Å²) >= 11 is 1.35. The van der Waals surface area contributed by atoms with Crippen LogP contribution in [-0.4, -0.2) is 30.2 Å². The van der Waals surface area contributed by atoms with Crippen molar-refractivity contribution in [2.75, 3.05) is 25.5 Å². The number of aromatic nitrogens is 2. The zero-order valence-electron chi connectivity index (χ0n) is 17.6. The Balaban J connectivity index is 0.00000306. The molecule has 3 aromatic heterocycles. The standard InChI is InChI=1S/C22H21F3N4O2S.ClH/c1-31-17-10-19(22(23,24)25)29-21-14(17)12-32-18(21)11-26-7-4-8-27-20-9-16(30)13-5-2-3-6-15(13)28-20;/h2-3,5-6,9-10,12,26H,4,7-8,11H2,1H3,(H2,27,28,30);1H. The van der Waals surface area contributed by atoms with E-state index in [-0.39, 0.29) is 23.6 Å². The van der Waals surface area contributed by atoms with Crippen LogP contribution in [0.5, 0.6) is 5.75 Å². The van der Waals surface area contributed by atoms with E-state index in [9.17, 15) is 18.0 Å². The van der Waals surface area contributed by atoms with Crippen LogP contribution in [0.1, 0.15) is 17.0 Å². The van der Waals surface area contributed by atoms with Gasteiger partial charge in [0.25, 0.3) is 0 Å². The summed E-state index contributed by atoms with van der Waals surface area (Å²) in [5.41, 5.74) is 0.0631. The number of anilines is 1. The summed E-state index contributed by atoms with van der Waals surface area (Å²) in [6, 6.07) is 9.77. The summed E-state index contributed by atoms with van der Waals surface area (Å²) in [7, 11) is 1.35. The fourth-order valence-corrected chi connectivity index (χ4v) is 4.35. The molecule has 0 unspecified atom stereocenters. The molecule has 0 atom stereocenters. The Morgan fingerprint density at radius 1 is 1.15 bits per heavy atom. The first-order chi connectivity index (χ1) is 15.4. The van der Waals surface area contributed by atoms with Gasteiger partial charge in [-0.3, -0.25) is 4.79 Å². The normalized spacial score (nSPS) is 11.5. The highest BCUT2D eigenvalue weighted by Crippen LogP contribution is 2.37. The number of hydrogen-bond acceptors (Lipinski definition) is 6. The molecule has 6 nitrogen and oxygen atoms in total. The Morgan fingerprint density at radius 2 is 1.94 bits per heavy atom. The molecule has 0 aliphatic carbocycles. The highest BCUT2D eigenvalue weighted by atomic mass is 35.5. The second-order valence-electron chi connectivity index (χ2n) is 7.18. The van der Waals surface area contributed by atoms with Crippen molar-refractivity contribution in [2.45, 2.75) is 19.1 Å². The van der Waals surface area contributed by atoms with Gasteiger partial charge >= 0.3 is 6.18 Å². The van der Waals surface area contributed by atoms with E-state index >= 15 is 0 Å². The van der Waals surface area contributed by atoms with E-state index in [1.807, 2.05) is 18.2 Å². The quantitative estimate of drug-likeness (QED) is 0.292. The number of nitrogens with one attached hydrogen (secondary N) is 3. The van der Waals surface area contributed by atoms with Crippen molar-refractivity contribution in [3.05, 3.63) is 62.6 Å². The summed E-state index contributed by atoms with van der Waals surface area (Å²) in [5.74, 6) is 0.812. The summed E-state index contributed by atoms with van der Waals surface area (Å²) in [6.07, 6.45) is -3.79. The lowest BCUT2D eigenvalue weighted by Crippen LogP contribution is -2.18. The Kier molecular flexibility index (Phi) is 7.83. The van der Waals surface area contributed by atoms with Crippen molar-refractivity contribution in [1.29, 1.82) is 0 Å². The first-order valence-corrected chi connectivity index (χ1v) is 10.8. The van der Waals surface area contributed by atoms with Crippen molar-refractivity contribution in [1.82, 2.24) is 15.3 Å². The van der Waals surface area contributed by atoms with Gasteiger partial charge in [-0.05, 0) is 25.1 Å². The molecule has 0 bridgehead atoms. The third-order valence-electron chi connectivity index (χ3n) is 4.98. The molecule has 0 aliphatic heterocycles. The number of methoxy groups -OCH3 is 1. The van der Waals surface area contributed by atoms with E-state index in [1.165, 1.54) is 24.5 Å². The summed E-state index contributed by atoms with van der Waals surface area (Å²) in [6.45, 7) is 1.66. The number of pyridine rings is 2. The minimum Gasteiger partial charge on any atom is -0.496 e. The topological polar surface area (TPSA) is 79.0 Å². The van der Waals surface area contributed by atoms with Crippen LogP contribution in [-0.2, 0) is 12.7 Å². The third kappa shape index (κ3) is 5.58. The smallest absolute Gasteiger partial charge is 0.433 e. The maximum absolute atomic E-state index is 13.2. The van der Waals surface area contributed by atoms with Gasteiger partial charge in [-0.15, -0.1) is 23.7 Å². The lowest BCUT2D eigenvalue weighted by Gasteiger charge is -2.10. The van der Waals surface area contributed by atoms with Crippen LogP contribution in [0.2, 0.25) is 0 Å². The fraction of sp³-hybridized carbons (Fsp3) is 0.273.